The van der Waals surface area contributed by atoms with Crippen molar-refractivity contribution in [2.75, 3.05) is 18.5 Å². The predicted molar refractivity (Wildman–Crippen MR) is 74.3 cm³/mol. The summed E-state index contributed by atoms with van der Waals surface area (Å²) in [6.45, 7) is 3.21. The van der Waals surface area contributed by atoms with E-state index in [2.05, 4.69) is 22.2 Å². The normalized spacial score (nSPS) is 18.0. The number of hydrogen-bond donors (Lipinski definition) is 2. The number of ether oxygens (including phenoxy) is 1. The fraction of sp³-hybridized carbons (Fsp3) is 0.714. The number of hydrogen-bond acceptors (Lipinski definition) is 5. The third-order valence-electron chi connectivity index (χ3n) is 3.44. The summed E-state index contributed by atoms with van der Waals surface area (Å²) in [6.07, 6.45) is 7.74. The lowest BCUT2D eigenvalue weighted by Gasteiger charge is -2.32. The van der Waals surface area contributed by atoms with Crippen LogP contribution in [-0.2, 0) is 0 Å². The average molecular weight is 265 g/mol. The van der Waals surface area contributed by atoms with Gasteiger partial charge in [0.1, 0.15) is 0 Å². The third kappa shape index (κ3) is 4.35. The first kappa shape index (κ1) is 14.1. The Morgan fingerprint density at radius 2 is 2.16 bits per heavy atom. The Kier molecular flexibility index (Phi) is 4.96. The Balaban J connectivity index is 1.88. The first-order valence-electron chi connectivity index (χ1n) is 7.14. The molecule has 1 aromatic heterocycles. The van der Waals surface area contributed by atoms with Crippen LogP contribution in [0, 0.1) is 0 Å². The SMILES string of the molecule is CCCOc1ccnc(NCC2(O)CCCCC2)n1. The highest BCUT2D eigenvalue weighted by molar-refractivity contribution is 5.28. The molecule has 106 valence electrons. The van der Waals surface area contributed by atoms with Gasteiger partial charge in [-0.05, 0) is 19.3 Å². The van der Waals surface area contributed by atoms with E-state index in [1.165, 1.54) is 6.42 Å². The maximum atomic E-state index is 10.4. The lowest BCUT2D eigenvalue weighted by atomic mass is 9.85. The topological polar surface area (TPSA) is 67.3 Å². The van der Waals surface area contributed by atoms with Crippen LogP contribution < -0.4 is 10.1 Å². The lowest BCUT2D eigenvalue weighted by molar-refractivity contribution is 0.0165. The van der Waals surface area contributed by atoms with Crippen molar-refractivity contribution >= 4 is 5.95 Å². The summed E-state index contributed by atoms with van der Waals surface area (Å²) in [5.74, 6) is 1.10. The molecule has 1 aromatic rings. The van der Waals surface area contributed by atoms with Gasteiger partial charge in [-0.15, -0.1) is 0 Å². The molecule has 0 radical (unpaired) electrons. The molecule has 5 heteroatoms. The molecule has 0 unspecified atom stereocenters. The minimum atomic E-state index is -0.609. The van der Waals surface area contributed by atoms with Gasteiger partial charge in [0.25, 0.3) is 0 Å². The van der Waals surface area contributed by atoms with Crippen molar-refractivity contribution in [3.63, 3.8) is 0 Å². The van der Waals surface area contributed by atoms with Crippen LogP contribution in [-0.4, -0.2) is 33.8 Å². The van der Waals surface area contributed by atoms with Gasteiger partial charge in [-0.25, -0.2) is 4.98 Å². The van der Waals surface area contributed by atoms with E-state index in [4.69, 9.17) is 4.74 Å². The first-order chi connectivity index (χ1) is 9.22. The number of anilines is 1. The number of nitrogens with one attached hydrogen (secondary N) is 1. The van der Waals surface area contributed by atoms with Crippen molar-refractivity contribution < 1.29 is 9.84 Å². The summed E-state index contributed by atoms with van der Waals surface area (Å²) in [6, 6.07) is 1.75. The van der Waals surface area contributed by atoms with E-state index in [-0.39, 0.29) is 0 Å². The molecule has 1 aliphatic rings. The monoisotopic (exact) mass is 265 g/mol. The molecule has 1 saturated carbocycles. The van der Waals surface area contributed by atoms with Crippen LogP contribution in [0.3, 0.4) is 0 Å². The Morgan fingerprint density at radius 3 is 2.89 bits per heavy atom. The Bertz CT molecular complexity index is 392. The third-order valence-corrected chi connectivity index (χ3v) is 3.44. The molecule has 0 saturated heterocycles. The molecule has 1 fully saturated rings. The summed E-state index contributed by atoms with van der Waals surface area (Å²) in [5, 5.41) is 13.5. The number of aromatic nitrogens is 2. The van der Waals surface area contributed by atoms with Crippen LogP contribution in [0.2, 0.25) is 0 Å². The van der Waals surface area contributed by atoms with Crippen molar-refractivity contribution in [3.05, 3.63) is 12.3 Å². The van der Waals surface area contributed by atoms with Gasteiger partial charge >= 0.3 is 0 Å². The van der Waals surface area contributed by atoms with E-state index in [1.807, 2.05) is 0 Å². The maximum absolute atomic E-state index is 10.4. The number of aliphatic hydroxyl groups is 1. The van der Waals surface area contributed by atoms with Gasteiger partial charge in [-0.2, -0.15) is 4.98 Å². The second-order valence-corrected chi connectivity index (χ2v) is 5.21. The van der Waals surface area contributed by atoms with Gasteiger partial charge in [0.2, 0.25) is 11.8 Å². The highest BCUT2D eigenvalue weighted by Crippen LogP contribution is 2.28. The van der Waals surface area contributed by atoms with Crippen LogP contribution in [0.15, 0.2) is 12.3 Å². The van der Waals surface area contributed by atoms with Crippen LogP contribution >= 0.6 is 0 Å². The predicted octanol–water partition coefficient (Wildman–Crippen LogP) is 2.37. The molecule has 0 aliphatic heterocycles. The smallest absolute Gasteiger partial charge is 0.226 e. The molecular formula is C14H23N3O2. The second kappa shape index (κ2) is 6.70. The van der Waals surface area contributed by atoms with Gasteiger partial charge in [-0.3, -0.25) is 0 Å². The maximum Gasteiger partial charge on any atom is 0.226 e. The molecule has 0 bridgehead atoms. The second-order valence-electron chi connectivity index (χ2n) is 5.21. The molecule has 0 atom stereocenters. The first-order valence-corrected chi connectivity index (χ1v) is 7.14. The van der Waals surface area contributed by atoms with E-state index in [1.54, 1.807) is 12.3 Å². The van der Waals surface area contributed by atoms with Crippen molar-refractivity contribution in [2.45, 2.75) is 51.0 Å². The van der Waals surface area contributed by atoms with E-state index >= 15 is 0 Å². The van der Waals surface area contributed by atoms with Gasteiger partial charge in [0, 0.05) is 18.8 Å². The van der Waals surface area contributed by atoms with Gasteiger partial charge in [0.05, 0.1) is 12.2 Å². The zero-order valence-electron chi connectivity index (χ0n) is 11.6. The number of rotatable bonds is 6. The summed E-state index contributed by atoms with van der Waals surface area (Å²) in [5.41, 5.74) is -0.609. The Morgan fingerprint density at radius 1 is 1.37 bits per heavy atom. The Hall–Kier alpha value is -1.36. The zero-order valence-corrected chi connectivity index (χ0v) is 11.6. The van der Waals surface area contributed by atoms with Crippen molar-refractivity contribution in [2.24, 2.45) is 0 Å². The Labute approximate surface area is 114 Å². The molecule has 2 rings (SSSR count). The zero-order chi connectivity index (χ0) is 13.6. The summed E-state index contributed by atoms with van der Waals surface area (Å²) in [4.78, 5) is 8.42. The molecule has 0 amide bonds. The summed E-state index contributed by atoms with van der Waals surface area (Å²) in [7, 11) is 0. The van der Waals surface area contributed by atoms with Gasteiger partial charge < -0.3 is 15.2 Å². The molecule has 0 aromatic carbocycles. The van der Waals surface area contributed by atoms with E-state index in [9.17, 15) is 5.11 Å². The molecule has 2 N–H and O–H groups in total. The van der Waals surface area contributed by atoms with Crippen molar-refractivity contribution in [1.29, 1.82) is 0 Å². The highest BCUT2D eigenvalue weighted by atomic mass is 16.5. The molecule has 19 heavy (non-hydrogen) atoms. The fourth-order valence-corrected chi connectivity index (χ4v) is 2.34. The largest absolute Gasteiger partial charge is 0.478 e. The summed E-state index contributed by atoms with van der Waals surface area (Å²) < 4.78 is 5.46. The minimum absolute atomic E-state index is 0.504. The molecular weight excluding hydrogens is 242 g/mol. The molecule has 1 aliphatic carbocycles. The van der Waals surface area contributed by atoms with E-state index < -0.39 is 5.60 Å². The van der Waals surface area contributed by atoms with E-state index in [0.29, 0.717) is 25.0 Å². The molecule has 0 spiro atoms. The quantitative estimate of drug-likeness (QED) is 0.826. The number of nitrogens with zero attached hydrogens (tertiary/aromatic N) is 2. The minimum Gasteiger partial charge on any atom is -0.478 e. The highest BCUT2D eigenvalue weighted by Gasteiger charge is 2.28. The van der Waals surface area contributed by atoms with Crippen molar-refractivity contribution in [3.8, 4) is 5.88 Å². The summed E-state index contributed by atoms with van der Waals surface area (Å²) >= 11 is 0. The molecule has 5 nitrogen and oxygen atoms in total. The van der Waals surface area contributed by atoms with Crippen molar-refractivity contribution in [1.82, 2.24) is 9.97 Å². The van der Waals surface area contributed by atoms with Crippen LogP contribution in [0.1, 0.15) is 45.4 Å². The van der Waals surface area contributed by atoms with Gasteiger partial charge in [0.15, 0.2) is 0 Å². The lowest BCUT2D eigenvalue weighted by Crippen LogP contribution is -2.39. The average Bonchev–Trinajstić information content (AvgIpc) is 2.44. The van der Waals surface area contributed by atoms with Crippen LogP contribution in [0.25, 0.3) is 0 Å². The van der Waals surface area contributed by atoms with Crippen LogP contribution in [0.5, 0.6) is 5.88 Å². The molecule has 1 heterocycles. The standard InChI is InChI=1S/C14H23N3O2/c1-2-10-19-12-6-9-15-13(17-12)16-11-14(18)7-4-3-5-8-14/h6,9,18H,2-5,7-8,10-11H2,1H3,(H,15,16,17). The van der Waals surface area contributed by atoms with E-state index in [0.717, 1.165) is 32.1 Å². The van der Waals surface area contributed by atoms with Gasteiger partial charge in [-0.1, -0.05) is 26.2 Å². The fourth-order valence-electron chi connectivity index (χ4n) is 2.34. The van der Waals surface area contributed by atoms with Crippen LogP contribution in [0.4, 0.5) is 5.95 Å².